The first-order chi connectivity index (χ1) is 10.0. The maximum Gasteiger partial charge on any atom is 0.274 e. The Morgan fingerprint density at radius 1 is 1.24 bits per heavy atom. The smallest absolute Gasteiger partial charge is 0.274 e. The van der Waals surface area contributed by atoms with Crippen LogP contribution < -0.4 is 5.32 Å². The summed E-state index contributed by atoms with van der Waals surface area (Å²) in [5, 5.41) is 14.9. The third kappa shape index (κ3) is 3.95. The van der Waals surface area contributed by atoms with Crippen LogP contribution in [0.15, 0.2) is 40.9 Å². The molecule has 0 amide bonds. The predicted molar refractivity (Wildman–Crippen MR) is 89.0 cm³/mol. The van der Waals surface area contributed by atoms with Crippen molar-refractivity contribution in [3.8, 4) is 0 Å². The molecular weight excluding hydrogens is 356 g/mol. The fourth-order valence-corrected chi connectivity index (χ4v) is 2.60. The second-order valence-electron chi connectivity index (χ2n) is 4.54. The Kier molecular flexibility index (Phi) is 5.20. The molecule has 0 spiro atoms. The molecule has 0 radical (unpaired) electrons. The lowest BCUT2D eigenvalue weighted by Crippen LogP contribution is -2.02. The highest BCUT2D eigenvalue weighted by Crippen LogP contribution is 2.26. The van der Waals surface area contributed by atoms with E-state index in [1.165, 1.54) is 0 Å². The van der Waals surface area contributed by atoms with Crippen molar-refractivity contribution < 1.29 is 4.92 Å². The van der Waals surface area contributed by atoms with Crippen LogP contribution in [-0.2, 0) is 13.0 Å². The maximum atomic E-state index is 11.1. The topological polar surface area (TPSA) is 55.2 Å². The summed E-state index contributed by atoms with van der Waals surface area (Å²) in [6.07, 6.45) is 0.635. The summed E-state index contributed by atoms with van der Waals surface area (Å²) in [6.45, 7) is 2.43. The summed E-state index contributed by atoms with van der Waals surface area (Å²) >= 11 is 9.42. The van der Waals surface area contributed by atoms with Crippen LogP contribution in [0, 0.1) is 10.1 Å². The molecule has 0 aliphatic carbocycles. The van der Waals surface area contributed by atoms with Crippen molar-refractivity contribution in [2.45, 2.75) is 19.9 Å². The number of nitrogens with one attached hydrogen (secondary N) is 1. The van der Waals surface area contributed by atoms with Crippen molar-refractivity contribution in [3.63, 3.8) is 0 Å². The average Bonchev–Trinajstić information content (AvgIpc) is 2.47. The Labute approximate surface area is 136 Å². The van der Waals surface area contributed by atoms with Crippen molar-refractivity contribution in [3.05, 3.63) is 67.1 Å². The fraction of sp³-hybridized carbons (Fsp3) is 0.200. The number of nitro groups is 1. The van der Waals surface area contributed by atoms with Gasteiger partial charge in [0.15, 0.2) is 0 Å². The summed E-state index contributed by atoms with van der Waals surface area (Å²) < 4.78 is 0.944. The molecule has 0 aromatic heterocycles. The van der Waals surface area contributed by atoms with Crippen LogP contribution in [0.5, 0.6) is 0 Å². The van der Waals surface area contributed by atoms with Gasteiger partial charge in [-0.1, -0.05) is 40.5 Å². The van der Waals surface area contributed by atoms with Gasteiger partial charge < -0.3 is 5.32 Å². The standard InChI is InChI=1S/C15H14BrClN2O2/c1-2-10-3-5-13(8-15(10)19(20)21)18-9-11-7-12(17)4-6-14(11)16/h3-8,18H,2,9H2,1H3. The number of benzene rings is 2. The molecule has 0 saturated heterocycles. The van der Waals surface area contributed by atoms with Crippen molar-refractivity contribution in [1.82, 2.24) is 0 Å². The number of hydrogen-bond donors (Lipinski definition) is 1. The van der Waals surface area contributed by atoms with Gasteiger partial charge >= 0.3 is 0 Å². The van der Waals surface area contributed by atoms with Crippen LogP contribution in [0.25, 0.3) is 0 Å². The normalized spacial score (nSPS) is 10.4. The molecule has 0 bridgehead atoms. The van der Waals surface area contributed by atoms with E-state index in [9.17, 15) is 10.1 Å². The Hall–Kier alpha value is -1.59. The van der Waals surface area contributed by atoms with Gasteiger partial charge in [0.1, 0.15) is 0 Å². The maximum absolute atomic E-state index is 11.1. The minimum atomic E-state index is -0.348. The highest BCUT2D eigenvalue weighted by molar-refractivity contribution is 9.10. The molecule has 0 aliphatic rings. The lowest BCUT2D eigenvalue weighted by molar-refractivity contribution is -0.385. The van der Waals surface area contributed by atoms with E-state index in [0.717, 1.165) is 15.6 Å². The predicted octanol–water partition coefficient (Wildman–Crippen LogP) is 5.19. The number of halogens is 2. The number of aryl methyl sites for hydroxylation is 1. The molecule has 0 aliphatic heterocycles. The molecule has 6 heteroatoms. The molecule has 2 aromatic carbocycles. The largest absolute Gasteiger partial charge is 0.381 e. The van der Waals surface area contributed by atoms with E-state index in [2.05, 4.69) is 21.2 Å². The highest BCUT2D eigenvalue weighted by atomic mass is 79.9. The molecule has 2 aromatic rings. The number of hydrogen-bond acceptors (Lipinski definition) is 3. The van der Waals surface area contributed by atoms with E-state index in [-0.39, 0.29) is 10.6 Å². The molecule has 1 N–H and O–H groups in total. The Bertz CT molecular complexity index is 677. The first-order valence-electron chi connectivity index (χ1n) is 6.46. The molecule has 4 nitrogen and oxygen atoms in total. The summed E-state index contributed by atoms with van der Waals surface area (Å²) in [5.41, 5.74) is 2.58. The summed E-state index contributed by atoms with van der Waals surface area (Å²) in [7, 11) is 0. The zero-order valence-corrected chi connectivity index (χ0v) is 13.7. The molecule has 0 fully saturated rings. The van der Waals surface area contributed by atoms with Gasteiger partial charge in [-0.15, -0.1) is 0 Å². The van der Waals surface area contributed by atoms with Gasteiger partial charge in [0.2, 0.25) is 0 Å². The first-order valence-corrected chi connectivity index (χ1v) is 7.63. The molecule has 0 atom stereocenters. The van der Waals surface area contributed by atoms with Crippen molar-refractivity contribution >= 4 is 38.9 Å². The van der Waals surface area contributed by atoms with Crippen LogP contribution in [0.2, 0.25) is 5.02 Å². The zero-order chi connectivity index (χ0) is 15.4. The molecule has 0 unspecified atom stereocenters. The van der Waals surface area contributed by atoms with Gasteiger partial charge in [0.25, 0.3) is 5.69 Å². The highest BCUT2D eigenvalue weighted by Gasteiger charge is 2.13. The van der Waals surface area contributed by atoms with E-state index in [1.807, 2.05) is 25.1 Å². The molecular formula is C15H14BrClN2O2. The van der Waals surface area contributed by atoms with E-state index < -0.39 is 0 Å². The van der Waals surface area contributed by atoms with E-state index in [4.69, 9.17) is 11.6 Å². The number of anilines is 1. The fourth-order valence-electron chi connectivity index (χ4n) is 2.02. The van der Waals surface area contributed by atoms with Gasteiger partial charge in [-0.25, -0.2) is 0 Å². The van der Waals surface area contributed by atoms with E-state index >= 15 is 0 Å². The van der Waals surface area contributed by atoms with Crippen LogP contribution in [0.3, 0.4) is 0 Å². The lowest BCUT2D eigenvalue weighted by atomic mass is 10.1. The summed E-state index contributed by atoms with van der Waals surface area (Å²) in [6, 6.07) is 10.7. The van der Waals surface area contributed by atoms with Crippen LogP contribution in [0.4, 0.5) is 11.4 Å². The van der Waals surface area contributed by atoms with Gasteiger partial charge in [0.05, 0.1) is 4.92 Å². The lowest BCUT2D eigenvalue weighted by Gasteiger charge is -2.10. The molecule has 110 valence electrons. The summed E-state index contributed by atoms with van der Waals surface area (Å²) in [5.74, 6) is 0. The van der Waals surface area contributed by atoms with Gasteiger partial charge in [-0.05, 0) is 36.2 Å². The Balaban J connectivity index is 2.18. The van der Waals surface area contributed by atoms with Gasteiger partial charge in [-0.3, -0.25) is 10.1 Å². The van der Waals surface area contributed by atoms with Gasteiger partial charge in [-0.2, -0.15) is 0 Å². The van der Waals surface area contributed by atoms with Crippen LogP contribution in [-0.4, -0.2) is 4.92 Å². The average molecular weight is 370 g/mol. The second kappa shape index (κ2) is 6.91. The Morgan fingerprint density at radius 2 is 2.00 bits per heavy atom. The molecule has 2 rings (SSSR count). The van der Waals surface area contributed by atoms with Crippen molar-refractivity contribution in [2.24, 2.45) is 0 Å². The van der Waals surface area contributed by atoms with Crippen LogP contribution >= 0.6 is 27.5 Å². The third-order valence-electron chi connectivity index (χ3n) is 3.15. The van der Waals surface area contributed by atoms with Crippen molar-refractivity contribution in [2.75, 3.05) is 5.32 Å². The van der Waals surface area contributed by atoms with E-state index in [0.29, 0.717) is 23.7 Å². The second-order valence-corrected chi connectivity index (χ2v) is 5.83. The quantitative estimate of drug-likeness (QED) is 0.583. The number of nitro benzene ring substituents is 1. The molecule has 0 saturated carbocycles. The molecule has 21 heavy (non-hydrogen) atoms. The number of nitrogens with zero attached hydrogens (tertiary/aromatic N) is 1. The Morgan fingerprint density at radius 3 is 2.67 bits per heavy atom. The van der Waals surface area contributed by atoms with Gasteiger partial charge in [0, 0.05) is 33.4 Å². The summed E-state index contributed by atoms with van der Waals surface area (Å²) in [4.78, 5) is 10.7. The van der Waals surface area contributed by atoms with E-state index in [1.54, 1.807) is 18.2 Å². The third-order valence-corrected chi connectivity index (χ3v) is 4.16. The zero-order valence-electron chi connectivity index (χ0n) is 11.4. The first kappa shape index (κ1) is 15.8. The minimum Gasteiger partial charge on any atom is -0.381 e. The number of rotatable bonds is 5. The monoisotopic (exact) mass is 368 g/mol. The van der Waals surface area contributed by atoms with Crippen molar-refractivity contribution in [1.29, 1.82) is 0 Å². The SMILES string of the molecule is CCc1ccc(NCc2cc(Cl)ccc2Br)cc1[N+](=O)[O-]. The molecule has 0 heterocycles. The van der Waals surface area contributed by atoms with Crippen LogP contribution in [0.1, 0.15) is 18.1 Å². The minimum absolute atomic E-state index is 0.146.